The molecule has 0 saturated carbocycles. The number of rotatable bonds is 14. The van der Waals surface area contributed by atoms with E-state index in [1.165, 1.54) is 0 Å². The fourth-order valence-electron chi connectivity index (χ4n) is 2.96. The van der Waals surface area contributed by atoms with E-state index in [0.29, 0.717) is 0 Å². The van der Waals surface area contributed by atoms with Crippen molar-refractivity contribution in [2.45, 2.75) is 37.6 Å². The van der Waals surface area contributed by atoms with Gasteiger partial charge < -0.3 is 19.7 Å². The number of aliphatic hydroxyl groups excluding tert-OH is 2. The predicted octanol–water partition coefficient (Wildman–Crippen LogP) is 2.17. The normalized spacial score (nSPS) is 15.3. The van der Waals surface area contributed by atoms with E-state index < -0.39 is 41.1 Å². The zero-order chi connectivity index (χ0) is 23.4. The molecule has 0 unspecified atom stereocenters. The van der Waals surface area contributed by atoms with Gasteiger partial charge in [-0.15, -0.1) is 0 Å². The van der Waals surface area contributed by atoms with Crippen LogP contribution in [0.3, 0.4) is 0 Å². The number of azide groups is 1. The molecule has 0 radical (unpaired) electrons. The summed E-state index contributed by atoms with van der Waals surface area (Å²) in [6.07, 6.45) is -3.45. The Hall–Kier alpha value is -2.50. The highest BCUT2D eigenvalue weighted by molar-refractivity contribution is 7.86. The van der Waals surface area contributed by atoms with Crippen LogP contribution < -0.4 is 0 Å². The lowest BCUT2D eigenvalue weighted by molar-refractivity contribution is -0.120. The molecular formula is C21H27N3O7S. The molecule has 0 bridgehead atoms. The van der Waals surface area contributed by atoms with Gasteiger partial charge >= 0.3 is 0 Å². The molecule has 0 aliphatic carbocycles. The highest BCUT2D eigenvalue weighted by atomic mass is 32.2. The molecule has 0 aliphatic rings. The van der Waals surface area contributed by atoms with E-state index in [0.717, 1.165) is 17.4 Å². The van der Waals surface area contributed by atoms with Gasteiger partial charge in [-0.2, -0.15) is 8.42 Å². The molecule has 174 valence electrons. The van der Waals surface area contributed by atoms with Crippen LogP contribution in [0.15, 0.2) is 65.8 Å². The molecule has 0 saturated heterocycles. The van der Waals surface area contributed by atoms with Gasteiger partial charge in [0.25, 0.3) is 10.1 Å². The van der Waals surface area contributed by atoms with E-state index >= 15 is 0 Å². The summed E-state index contributed by atoms with van der Waals surface area (Å²) in [5.41, 5.74) is 10.6. The van der Waals surface area contributed by atoms with Gasteiger partial charge in [0.2, 0.25) is 0 Å². The third-order valence-corrected chi connectivity index (χ3v) is 5.06. The second kappa shape index (κ2) is 13.1. The van der Waals surface area contributed by atoms with Gasteiger partial charge in [-0.1, -0.05) is 65.8 Å². The minimum Gasteiger partial charge on any atom is -0.394 e. The molecule has 2 aromatic carbocycles. The minimum atomic E-state index is -3.97. The molecule has 32 heavy (non-hydrogen) atoms. The van der Waals surface area contributed by atoms with Gasteiger partial charge in [0.15, 0.2) is 0 Å². The number of aliphatic hydroxyl groups is 2. The third-order valence-electron chi connectivity index (χ3n) is 4.46. The zero-order valence-electron chi connectivity index (χ0n) is 17.6. The van der Waals surface area contributed by atoms with Crippen molar-refractivity contribution in [2.75, 3.05) is 19.5 Å². The Morgan fingerprint density at radius 2 is 1.59 bits per heavy atom. The minimum absolute atomic E-state index is 0.0000485. The lowest BCUT2D eigenvalue weighted by Crippen LogP contribution is -2.49. The molecular weight excluding hydrogens is 438 g/mol. The van der Waals surface area contributed by atoms with Gasteiger partial charge in [0, 0.05) is 4.91 Å². The summed E-state index contributed by atoms with van der Waals surface area (Å²) < 4.78 is 39.5. The van der Waals surface area contributed by atoms with E-state index in [-0.39, 0.29) is 19.8 Å². The highest BCUT2D eigenvalue weighted by Gasteiger charge is 2.37. The van der Waals surface area contributed by atoms with E-state index in [2.05, 4.69) is 10.0 Å². The SMILES string of the molecule is CS(=O)(=O)O[C@@H](CO)[C@H](OCc1ccccc1)[C@@H](O)[C@@H](COCc1ccccc1)N=[N+]=[N-]. The summed E-state index contributed by atoms with van der Waals surface area (Å²) in [5.74, 6) is 0. The molecule has 0 aliphatic heterocycles. The number of ether oxygens (including phenoxy) is 2. The Kier molecular flexibility index (Phi) is 10.6. The van der Waals surface area contributed by atoms with E-state index in [9.17, 15) is 18.6 Å². The average Bonchev–Trinajstić information content (AvgIpc) is 2.78. The zero-order valence-corrected chi connectivity index (χ0v) is 18.4. The second-order valence-electron chi connectivity index (χ2n) is 7.05. The van der Waals surface area contributed by atoms with Crippen molar-refractivity contribution in [3.8, 4) is 0 Å². The Labute approximate surface area is 187 Å². The first-order valence-corrected chi connectivity index (χ1v) is 11.6. The largest absolute Gasteiger partial charge is 0.394 e. The number of hydrogen-bond acceptors (Lipinski definition) is 8. The Balaban J connectivity index is 2.16. The highest BCUT2D eigenvalue weighted by Crippen LogP contribution is 2.19. The molecule has 2 rings (SSSR count). The topological polar surface area (TPSA) is 151 Å². The van der Waals surface area contributed by atoms with Crippen molar-refractivity contribution in [1.82, 2.24) is 0 Å². The molecule has 4 atom stereocenters. The Bertz CT molecular complexity index is 954. The number of hydrogen-bond donors (Lipinski definition) is 2. The van der Waals surface area contributed by atoms with E-state index in [1.54, 1.807) is 24.3 Å². The van der Waals surface area contributed by atoms with Crippen LogP contribution in [-0.2, 0) is 37.0 Å². The van der Waals surface area contributed by atoms with Gasteiger partial charge in [-0.3, -0.25) is 4.18 Å². The molecule has 2 N–H and O–H groups in total. The maximum absolute atomic E-state index is 11.6. The van der Waals surface area contributed by atoms with Crippen LogP contribution >= 0.6 is 0 Å². The van der Waals surface area contributed by atoms with Gasteiger partial charge in [-0.25, -0.2) is 0 Å². The van der Waals surface area contributed by atoms with Crippen molar-refractivity contribution in [3.05, 3.63) is 82.2 Å². The van der Waals surface area contributed by atoms with Crippen molar-refractivity contribution in [3.63, 3.8) is 0 Å². The monoisotopic (exact) mass is 465 g/mol. The molecule has 2 aromatic rings. The summed E-state index contributed by atoms with van der Waals surface area (Å²) in [5, 5.41) is 24.2. The van der Waals surface area contributed by atoms with Crippen LogP contribution in [0.5, 0.6) is 0 Å². The first-order valence-electron chi connectivity index (χ1n) is 9.82. The molecule has 11 heteroatoms. The number of nitrogens with zero attached hydrogens (tertiary/aromatic N) is 3. The third kappa shape index (κ3) is 8.93. The smallest absolute Gasteiger partial charge is 0.264 e. The van der Waals surface area contributed by atoms with Gasteiger partial charge in [0.1, 0.15) is 12.2 Å². The Morgan fingerprint density at radius 3 is 2.09 bits per heavy atom. The first-order chi connectivity index (χ1) is 15.3. The van der Waals surface area contributed by atoms with E-state index in [1.807, 2.05) is 36.4 Å². The fraction of sp³-hybridized carbons (Fsp3) is 0.429. The van der Waals surface area contributed by atoms with Crippen LogP contribution in [0.2, 0.25) is 0 Å². The maximum atomic E-state index is 11.6. The Morgan fingerprint density at radius 1 is 1.03 bits per heavy atom. The fourth-order valence-corrected chi connectivity index (χ4v) is 3.58. The second-order valence-corrected chi connectivity index (χ2v) is 8.65. The quantitative estimate of drug-likeness (QED) is 0.188. The van der Waals surface area contributed by atoms with Crippen LogP contribution in [-0.4, -0.2) is 62.5 Å². The van der Waals surface area contributed by atoms with E-state index in [4.69, 9.17) is 19.2 Å². The van der Waals surface area contributed by atoms with Crippen LogP contribution in [0, 0.1) is 0 Å². The van der Waals surface area contributed by atoms with Gasteiger partial charge in [0.05, 0.1) is 44.8 Å². The molecule has 0 fully saturated rings. The van der Waals surface area contributed by atoms with Crippen LogP contribution in [0.4, 0.5) is 0 Å². The molecule has 0 heterocycles. The summed E-state index contributed by atoms with van der Waals surface area (Å²) >= 11 is 0. The molecule has 0 aromatic heterocycles. The molecule has 10 nitrogen and oxygen atoms in total. The van der Waals surface area contributed by atoms with Crippen molar-refractivity contribution < 1.29 is 32.3 Å². The lowest BCUT2D eigenvalue weighted by atomic mass is 10.0. The molecule has 0 spiro atoms. The van der Waals surface area contributed by atoms with Gasteiger partial charge in [-0.05, 0) is 16.7 Å². The predicted molar refractivity (Wildman–Crippen MR) is 117 cm³/mol. The molecule has 0 amide bonds. The van der Waals surface area contributed by atoms with Crippen molar-refractivity contribution >= 4 is 10.1 Å². The standard InChI is InChI=1S/C21H27N3O7S/c1-32(27,28)31-19(12-25)21(30-14-17-10-6-3-7-11-17)20(26)18(23-24-22)15-29-13-16-8-4-2-5-9-16/h2-11,18-21,25-26H,12-15H2,1H3/t18-,19+,20+,21+/m1/s1. The summed E-state index contributed by atoms with van der Waals surface area (Å²) in [4.78, 5) is 2.75. The average molecular weight is 466 g/mol. The van der Waals surface area contributed by atoms with Crippen LogP contribution in [0.25, 0.3) is 10.4 Å². The lowest BCUT2D eigenvalue weighted by Gasteiger charge is -2.32. The maximum Gasteiger partial charge on any atom is 0.264 e. The number of benzene rings is 2. The van der Waals surface area contributed by atoms with Crippen molar-refractivity contribution in [1.29, 1.82) is 0 Å². The summed E-state index contributed by atoms with van der Waals surface area (Å²) in [7, 11) is -3.97. The summed E-state index contributed by atoms with van der Waals surface area (Å²) in [6, 6.07) is 17.1. The summed E-state index contributed by atoms with van der Waals surface area (Å²) in [6.45, 7) is -0.705. The first kappa shape index (κ1) is 25.8. The van der Waals surface area contributed by atoms with Crippen molar-refractivity contribution in [2.24, 2.45) is 5.11 Å². The van der Waals surface area contributed by atoms with Crippen LogP contribution in [0.1, 0.15) is 11.1 Å².